The van der Waals surface area contributed by atoms with Crippen LogP contribution in [-0.4, -0.2) is 7.11 Å². The fourth-order valence-corrected chi connectivity index (χ4v) is 1.88. The highest BCUT2D eigenvalue weighted by molar-refractivity contribution is 4.92. The summed E-state index contributed by atoms with van der Waals surface area (Å²) >= 11 is 0. The van der Waals surface area contributed by atoms with Crippen molar-refractivity contribution in [3.05, 3.63) is 11.8 Å². The molecule has 0 amide bonds. The van der Waals surface area contributed by atoms with Crippen LogP contribution in [-0.2, 0) is 4.74 Å². The molecule has 0 aromatic rings. The average molecular weight is 182 g/mol. The molecule has 1 aliphatic carbocycles. The van der Waals surface area contributed by atoms with Crippen LogP contribution >= 0.6 is 0 Å². The zero-order valence-electron chi connectivity index (χ0n) is 8.85. The van der Waals surface area contributed by atoms with Gasteiger partial charge in [-0.05, 0) is 25.3 Å². The number of hydrogen-bond donors (Lipinski definition) is 0. The second kappa shape index (κ2) is 6.99. The van der Waals surface area contributed by atoms with Crippen LogP contribution in [0.5, 0.6) is 0 Å². The Bertz CT molecular complexity index is 149. The minimum atomic E-state index is 1.15. The van der Waals surface area contributed by atoms with Gasteiger partial charge in [-0.3, -0.25) is 0 Å². The second-order valence-electron chi connectivity index (χ2n) is 3.89. The lowest BCUT2D eigenvalue weighted by Crippen LogP contribution is -1.87. The number of allylic oxidation sites excluding steroid dienone is 2. The fraction of sp³-hybridized carbons (Fsp3) is 0.833. The van der Waals surface area contributed by atoms with Crippen molar-refractivity contribution in [1.82, 2.24) is 0 Å². The Labute approximate surface area is 82.2 Å². The lowest BCUT2D eigenvalue weighted by molar-refractivity contribution is 0.272. The molecule has 0 bridgehead atoms. The van der Waals surface area contributed by atoms with Crippen LogP contribution in [0.1, 0.15) is 57.8 Å². The van der Waals surface area contributed by atoms with Gasteiger partial charge in [0.05, 0.1) is 12.9 Å². The van der Waals surface area contributed by atoms with E-state index in [4.69, 9.17) is 4.74 Å². The topological polar surface area (TPSA) is 9.23 Å². The molecule has 0 aromatic heterocycles. The van der Waals surface area contributed by atoms with E-state index in [1.165, 1.54) is 57.1 Å². The summed E-state index contributed by atoms with van der Waals surface area (Å²) in [6, 6.07) is 0. The first-order chi connectivity index (χ1) is 6.43. The largest absolute Gasteiger partial charge is 0.501 e. The van der Waals surface area contributed by atoms with Crippen LogP contribution < -0.4 is 0 Å². The number of methoxy groups -OCH3 is 1. The molecule has 1 aliphatic rings. The van der Waals surface area contributed by atoms with E-state index in [1.807, 2.05) is 0 Å². The molecule has 0 spiro atoms. The maximum absolute atomic E-state index is 5.32. The summed E-state index contributed by atoms with van der Waals surface area (Å²) in [4.78, 5) is 0. The van der Waals surface area contributed by atoms with Crippen molar-refractivity contribution in [1.29, 1.82) is 0 Å². The molecule has 1 rings (SSSR count). The monoisotopic (exact) mass is 182 g/mol. The van der Waals surface area contributed by atoms with E-state index in [9.17, 15) is 0 Å². The van der Waals surface area contributed by atoms with Crippen LogP contribution in [0.4, 0.5) is 0 Å². The molecule has 0 heterocycles. The molecule has 0 aromatic carbocycles. The van der Waals surface area contributed by atoms with E-state index in [-0.39, 0.29) is 0 Å². The van der Waals surface area contributed by atoms with E-state index < -0.39 is 0 Å². The Balaban J connectivity index is 2.31. The Hall–Kier alpha value is -0.460. The smallest absolute Gasteiger partial charge is 0.0915 e. The van der Waals surface area contributed by atoms with Gasteiger partial charge in [-0.1, -0.05) is 32.1 Å². The standard InChI is InChI=1S/C12H22O/c1-13-12-10-8-6-4-2-3-5-7-9-11-12/h10H,2-9,11H2,1H3/b12-10-. The zero-order chi connectivity index (χ0) is 9.36. The molecule has 0 saturated carbocycles. The Kier molecular flexibility index (Phi) is 5.71. The van der Waals surface area contributed by atoms with Crippen molar-refractivity contribution >= 4 is 0 Å². The third kappa shape index (κ3) is 4.97. The average Bonchev–Trinajstić information content (AvgIpc) is 2.22. The number of ether oxygens (including phenoxy) is 1. The fourth-order valence-electron chi connectivity index (χ4n) is 1.88. The summed E-state index contributed by atoms with van der Waals surface area (Å²) in [6.45, 7) is 0. The van der Waals surface area contributed by atoms with Crippen molar-refractivity contribution in [2.24, 2.45) is 0 Å². The quantitative estimate of drug-likeness (QED) is 0.594. The van der Waals surface area contributed by atoms with Crippen molar-refractivity contribution in [2.45, 2.75) is 57.8 Å². The third-order valence-corrected chi connectivity index (χ3v) is 2.76. The molecule has 0 fully saturated rings. The highest BCUT2D eigenvalue weighted by Crippen LogP contribution is 2.16. The molecule has 0 aliphatic heterocycles. The number of rotatable bonds is 1. The van der Waals surface area contributed by atoms with Crippen LogP contribution in [0.3, 0.4) is 0 Å². The Morgan fingerprint density at radius 2 is 1.54 bits per heavy atom. The maximum Gasteiger partial charge on any atom is 0.0915 e. The molecule has 0 unspecified atom stereocenters. The van der Waals surface area contributed by atoms with Gasteiger partial charge in [-0.2, -0.15) is 0 Å². The summed E-state index contributed by atoms with van der Waals surface area (Å²) in [5, 5.41) is 0. The maximum atomic E-state index is 5.32. The number of hydrogen-bond acceptors (Lipinski definition) is 1. The van der Waals surface area contributed by atoms with Gasteiger partial charge in [0.1, 0.15) is 0 Å². The first-order valence-corrected chi connectivity index (χ1v) is 5.66. The second-order valence-corrected chi connectivity index (χ2v) is 3.89. The van der Waals surface area contributed by atoms with Gasteiger partial charge in [0.2, 0.25) is 0 Å². The Morgan fingerprint density at radius 1 is 0.923 bits per heavy atom. The van der Waals surface area contributed by atoms with E-state index in [0.29, 0.717) is 0 Å². The first-order valence-electron chi connectivity index (χ1n) is 5.66. The van der Waals surface area contributed by atoms with Crippen molar-refractivity contribution in [3.63, 3.8) is 0 Å². The van der Waals surface area contributed by atoms with E-state index in [1.54, 1.807) is 7.11 Å². The Morgan fingerprint density at radius 3 is 2.23 bits per heavy atom. The normalized spacial score (nSPS) is 25.5. The molecule has 0 atom stereocenters. The summed E-state index contributed by atoms with van der Waals surface area (Å²) in [5.41, 5.74) is 0. The lowest BCUT2D eigenvalue weighted by Gasteiger charge is -2.04. The first kappa shape index (κ1) is 10.6. The van der Waals surface area contributed by atoms with Crippen LogP contribution in [0, 0.1) is 0 Å². The highest BCUT2D eigenvalue weighted by Gasteiger charge is 1.99. The van der Waals surface area contributed by atoms with Gasteiger partial charge in [0.25, 0.3) is 0 Å². The minimum Gasteiger partial charge on any atom is -0.501 e. The van der Waals surface area contributed by atoms with Gasteiger partial charge < -0.3 is 4.74 Å². The lowest BCUT2D eigenvalue weighted by atomic mass is 10.1. The van der Waals surface area contributed by atoms with Gasteiger partial charge in [0.15, 0.2) is 0 Å². The van der Waals surface area contributed by atoms with Gasteiger partial charge >= 0.3 is 0 Å². The molecule has 0 saturated heterocycles. The molecule has 0 radical (unpaired) electrons. The molecule has 13 heavy (non-hydrogen) atoms. The molecule has 1 nitrogen and oxygen atoms in total. The summed E-state index contributed by atoms with van der Waals surface area (Å²) in [7, 11) is 1.80. The molecule has 1 heteroatoms. The summed E-state index contributed by atoms with van der Waals surface area (Å²) < 4.78 is 5.32. The van der Waals surface area contributed by atoms with Gasteiger partial charge in [0, 0.05) is 6.42 Å². The van der Waals surface area contributed by atoms with Crippen LogP contribution in [0.15, 0.2) is 11.8 Å². The summed E-state index contributed by atoms with van der Waals surface area (Å²) in [5.74, 6) is 1.21. The van der Waals surface area contributed by atoms with Crippen LogP contribution in [0.25, 0.3) is 0 Å². The van der Waals surface area contributed by atoms with E-state index in [0.717, 1.165) is 6.42 Å². The predicted molar refractivity (Wildman–Crippen MR) is 56.6 cm³/mol. The zero-order valence-corrected chi connectivity index (χ0v) is 8.85. The SMILES string of the molecule is CO/C1=C\CCCCCCCCC1. The molecule has 0 N–H and O–H groups in total. The van der Waals surface area contributed by atoms with Gasteiger partial charge in [-0.15, -0.1) is 0 Å². The minimum absolute atomic E-state index is 1.15. The molecule has 76 valence electrons. The summed E-state index contributed by atoms with van der Waals surface area (Å²) in [6.07, 6.45) is 14.3. The van der Waals surface area contributed by atoms with E-state index >= 15 is 0 Å². The molecular formula is C12H22O. The van der Waals surface area contributed by atoms with E-state index in [2.05, 4.69) is 6.08 Å². The highest BCUT2D eigenvalue weighted by atomic mass is 16.5. The predicted octanol–water partition coefficient (Wildman–Crippen LogP) is 4.04. The van der Waals surface area contributed by atoms with Crippen molar-refractivity contribution < 1.29 is 4.74 Å². The van der Waals surface area contributed by atoms with Crippen molar-refractivity contribution in [2.75, 3.05) is 7.11 Å². The molecular weight excluding hydrogens is 160 g/mol. The van der Waals surface area contributed by atoms with Crippen molar-refractivity contribution in [3.8, 4) is 0 Å². The van der Waals surface area contributed by atoms with Gasteiger partial charge in [-0.25, -0.2) is 0 Å². The van der Waals surface area contributed by atoms with Crippen LogP contribution in [0.2, 0.25) is 0 Å². The third-order valence-electron chi connectivity index (χ3n) is 2.76.